The van der Waals surface area contributed by atoms with E-state index in [0.717, 1.165) is 17.2 Å². The molecule has 0 aliphatic rings. The monoisotopic (exact) mass is 315 g/mol. The maximum Gasteiger partial charge on any atom is 0.308 e. The van der Waals surface area contributed by atoms with Crippen LogP contribution in [0.3, 0.4) is 0 Å². The first-order chi connectivity index (χ1) is 10.8. The highest BCUT2D eigenvalue weighted by Crippen LogP contribution is 2.20. The molecule has 1 amide bonds. The minimum absolute atomic E-state index is 0.168. The number of carbonyl (C=O) groups excluding carboxylic acids is 1. The normalized spacial score (nSPS) is 12.0. The summed E-state index contributed by atoms with van der Waals surface area (Å²) in [7, 11) is 1.62. The van der Waals surface area contributed by atoms with Crippen LogP contribution in [0.2, 0.25) is 0 Å². The molecule has 0 saturated carbocycles. The van der Waals surface area contributed by atoms with Gasteiger partial charge in [0.1, 0.15) is 5.82 Å². The molecule has 1 unspecified atom stereocenters. The number of hydrogen-bond acceptors (Lipinski definition) is 3. The molecule has 0 aliphatic carbocycles. The van der Waals surface area contributed by atoms with E-state index in [2.05, 4.69) is 4.98 Å². The topological polar surface area (TPSA) is 75.4 Å². The second-order valence-electron chi connectivity index (χ2n) is 5.73. The van der Waals surface area contributed by atoms with Crippen molar-refractivity contribution in [3.63, 3.8) is 0 Å². The molecule has 0 bridgehead atoms. The number of hydrogen-bond donors (Lipinski definition) is 1. The predicted molar refractivity (Wildman–Crippen MR) is 86.8 cm³/mol. The first-order valence-electron chi connectivity index (χ1n) is 7.41. The van der Waals surface area contributed by atoms with E-state index in [1.54, 1.807) is 20.2 Å². The van der Waals surface area contributed by atoms with Gasteiger partial charge in [0.15, 0.2) is 0 Å². The lowest BCUT2D eigenvalue weighted by Crippen LogP contribution is -2.33. The van der Waals surface area contributed by atoms with Gasteiger partial charge in [-0.25, -0.2) is 4.98 Å². The zero-order valence-corrected chi connectivity index (χ0v) is 13.8. The van der Waals surface area contributed by atoms with Gasteiger partial charge >= 0.3 is 5.97 Å². The lowest BCUT2D eigenvalue weighted by molar-refractivity contribution is -0.141. The van der Waals surface area contributed by atoms with E-state index >= 15 is 0 Å². The van der Waals surface area contributed by atoms with Gasteiger partial charge in [0, 0.05) is 31.2 Å². The van der Waals surface area contributed by atoms with Crippen LogP contribution < -0.4 is 0 Å². The van der Waals surface area contributed by atoms with Crippen LogP contribution in [0.4, 0.5) is 0 Å². The fourth-order valence-electron chi connectivity index (χ4n) is 2.60. The fourth-order valence-corrected chi connectivity index (χ4v) is 2.60. The third kappa shape index (κ3) is 3.41. The van der Waals surface area contributed by atoms with E-state index < -0.39 is 11.9 Å². The third-order valence-corrected chi connectivity index (χ3v) is 3.86. The molecule has 1 N–H and O–H groups in total. The van der Waals surface area contributed by atoms with Gasteiger partial charge in [-0.15, -0.1) is 0 Å². The lowest BCUT2D eigenvalue weighted by Gasteiger charge is -2.19. The predicted octanol–water partition coefficient (Wildman–Crippen LogP) is 2.28. The number of carboxylic acids is 1. The van der Waals surface area contributed by atoms with Gasteiger partial charge < -0.3 is 14.6 Å². The zero-order valence-electron chi connectivity index (χ0n) is 13.8. The van der Waals surface area contributed by atoms with E-state index in [1.807, 2.05) is 42.7 Å². The first kappa shape index (κ1) is 16.7. The van der Waals surface area contributed by atoms with Crippen molar-refractivity contribution in [2.45, 2.75) is 20.8 Å². The Kier molecular flexibility index (Phi) is 4.83. The zero-order chi connectivity index (χ0) is 17.1. The quantitative estimate of drug-likeness (QED) is 0.918. The Morgan fingerprint density at radius 3 is 2.61 bits per heavy atom. The molecule has 2 aromatic rings. The van der Waals surface area contributed by atoms with Crippen LogP contribution in [0.5, 0.6) is 0 Å². The largest absolute Gasteiger partial charge is 0.481 e. The van der Waals surface area contributed by atoms with Gasteiger partial charge in [-0.1, -0.05) is 13.0 Å². The van der Waals surface area contributed by atoms with Crippen molar-refractivity contribution in [1.29, 1.82) is 0 Å². The summed E-state index contributed by atoms with van der Waals surface area (Å²) in [5, 5.41) is 8.98. The molecule has 23 heavy (non-hydrogen) atoms. The number of amides is 1. The fraction of sp³-hybridized carbons (Fsp3) is 0.353. The van der Waals surface area contributed by atoms with Crippen LogP contribution in [-0.2, 0) is 4.79 Å². The molecule has 2 aromatic heterocycles. The third-order valence-electron chi connectivity index (χ3n) is 3.86. The molecule has 0 fully saturated rings. The molecule has 0 spiro atoms. The van der Waals surface area contributed by atoms with E-state index in [1.165, 1.54) is 4.90 Å². The minimum Gasteiger partial charge on any atom is -0.481 e. The van der Waals surface area contributed by atoms with Crippen molar-refractivity contribution in [2.24, 2.45) is 5.92 Å². The molecular weight excluding hydrogens is 294 g/mol. The maximum absolute atomic E-state index is 12.6. The molecular formula is C17H21N3O3. The van der Waals surface area contributed by atoms with Crippen molar-refractivity contribution in [3.8, 4) is 5.82 Å². The molecule has 2 heterocycles. The summed E-state index contributed by atoms with van der Waals surface area (Å²) >= 11 is 0. The van der Waals surface area contributed by atoms with Crippen molar-refractivity contribution in [3.05, 3.63) is 47.4 Å². The van der Waals surface area contributed by atoms with Gasteiger partial charge in [-0.05, 0) is 32.0 Å². The van der Waals surface area contributed by atoms with Crippen molar-refractivity contribution < 1.29 is 14.7 Å². The number of aryl methyl sites for hydroxylation is 1. The Hall–Kier alpha value is -2.63. The van der Waals surface area contributed by atoms with Crippen molar-refractivity contribution >= 4 is 11.9 Å². The summed E-state index contributed by atoms with van der Waals surface area (Å²) < 4.78 is 1.92. The molecule has 6 heteroatoms. The smallest absolute Gasteiger partial charge is 0.308 e. The Labute approximate surface area is 135 Å². The van der Waals surface area contributed by atoms with Crippen molar-refractivity contribution in [1.82, 2.24) is 14.5 Å². The molecule has 0 radical (unpaired) electrons. The van der Waals surface area contributed by atoms with E-state index in [-0.39, 0.29) is 12.5 Å². The number of aliphatic carboxylic acids is 1. The molecule has 122 valence electrons. The minimum atomic E-state index is -0.913. The number of rotatable bonds is 5. The Balaban J connectivity index is 2.31. The molecule has 0 aliphatic heterocycles. The SMILES string of the molecule is Cc1cc(C(=O)N(C)CC(C)C(=O)O)c(C)n1-c1ccccn1. The first-order valence-corrected chi connectivity index (χ1v) is 7.41. The average Bonchev–Trinajstić information content (AvgIpc) is 2.81. The number of aromatic nitrogens is 2. The molecule has 1 atom stereocenters. The number of pyridine rings is 1. The van der Waals surface area contributed by atoms with E-state index in [0.29, 0.717) is 5.56 Å². The van der Waals surface area contributed by atoms with Gasteiger partial charge in [0.25, 0.3) is 5.91 Å². The van der Waals surface area contributed by atoms with Gasteiger partial charge in [0.2, 0.25) is 0 Å². The summed E-state index contributed by atoms with van der Waals surface area (Å²) in [6.45, 7) is 5.53. The van der Waals surface area contributed by atoms with E-state index in [9.17, 15) is 9.59 Å². The van der Waals surface area contributed by atoms with Crippen molar-refractivity contribution in [2.75, 3.05) is 13.6 Å². The second kappa shape index (κ2) is 6.64. The number of carbonyl (C=O) groups is 2. The standard InChI is InChI=1S/C17H21N3O3/c1-11(17(22)23)10-19(4)16(21)14-9-12(2)20(13(14)3)15-7-5-6-8-18-15/h5-9,11H,10H2,1-4H3,(H,22,23). The Morgan fingerprint density at radius 1 is 1.35 bits per heavy atom. The highest BCUT2D eigenvalue weighted by molar-refractivity contribution is 5.96. The average molecular weight is 315 g/mol. The van der Waals surface area contributed by atoms with Gasteiger partial charge in [0.05, 0.1) is 11.5 Å². The molecule has 0 saturated heterocycles. The van der Waals surface area contributed by atoms with Crippen LogP contribution in [0.1, 0.15) is 28.7 Å². The summed E-state index contributed by atoms with van der Waals surface area (Å²) in [5.41, 5.74) is 2.26. The number of nitrogens with zero attached hydrogens (tertiary/aromatic N) is 3. The van der Waals surface area contributed by atoms with Crippen LogP contribution >= 0.6 is 0 Å². The highest BCUT2D eigenvalue weighted by Gasteiger charge is 2.22. The molecule has 2 rings (SSSR count). The summed E-state index contributed by atoms with van der Waals surface area (Å²) in [6, 6.07) is 7.42. The Morgan fingerprint density at radius 2 is 2.04 bits per heavy atom. The van der Waals surface area contributed by atoms with Gasteiger partial charge in [-0.3, -0.25) is 9.59 Å². The lowest BCUT2D eigenvalue weighted by atomic mass is 10.1. The van der Waals surface area contributed by atoms with Crippen LogP contribution in [0, 0.1) is 19.8 Å². The summed E-state index contributed by atoms with van der Waals surface area (Å²) in [6.07, 6.45) is 1.70. The molecule has 0 aromatic carbocycles. The van der Waals surface area contributed by atoms with E-state index in [4.69, 9.17) is 5.11 Å². The Bertz CT molecular complexity index is 722. The van der Waals surface area contributed by atoms with Crippen LogP contribution in [-0.4, -0.2) is 45.0 Å². The summed E-state index contributed by atoms with van der Waals surface area (Å²) in [4.78, 5) is 29.3. The maximum atomic E-state index is 12.6. The molecule has 6 nitrogen and oxygen atoms in total. The highest BCUT2D eigenvalue weighted by atomic mass is 16.4. The summed E-state index contributed by atoms with van der Waals surface area (Å²) in [5.74, 6) is -0.955. The van der Waals surface area contributed by atoms with Crippen LogP contribution in [0.15, 0.2) is 30.5 Å². The van der Waals surface area contributed by atoms with Gasteiger partial charge in [-0.2, -0.15) is 0 Å². The van der Waals surface area contributed by atoms with Crippen LogP contribution in [0.25, 0.3) is 5.82 Å². The number of carboxylic acid groups (broad SMARTS) is 1. The second-order valence-corrected chi connectivity index (χ2v) is 5.73.